The Kier molecular flexibility index (Phi) is 8.12. The van der Waals surface area contributed by atoms with Crippen LogP contribution >= 0.6 is 23.1 Å². The number of nitrogens with zero attached hydrogens (tertiary/aromatic N) is 2. The second-order valence-electron chi connectivity index (χ2n) is 4.81. The van der Waals surface area contributed by atoms with Gasteiger partial charge in [-0.25, -0.2) is 4.79 Å². The zero-order valence-corrected chi connectivity index (χ0v) is 15.9. The quantitative estimate of drug-likeness (QED) is 0.434. The Morgan fingerprint density at radius 1 is 1.19 bits per heavy atom. The van der Waals surface area contributed by atoms with Crippen LogP contribution in [0.4, 0.5) is 15.6 Å². The standard InChI is InChI=1S/C15H19N5O4S2/c1-23-8-7-16-13(22)18-12(21)9-25-15-20-19-14(26-15)17-10-3-5-11(24-2)6-4-10/h3-6H,7-9H2,1-2H3,(H,17,19)(H2,16,18,21,22). The van der Waals surface area contributed by atoms with Crippen LogP contribution in [0.15, 0.2) is 28.6 Å². The molecule has 140 valence electrons. The number of urea groups is 1. The summed E-state index contributed by atoms with van der Waals surface area (Å²) >= 11 is 2.52. The summed E-state index contributed by atoms with van der Waals surface area (Å²) in [5, 5.41) is 16.5. The fraction of sp³-hybridized carbons (Fsp3) is 0.333. The second kappa shape index (κ2) is 10.6. The van der Waals surface area contributed by atoms with Gasteiger partial charge in [0.1, 0.15) is 5.75 Å². The highest BCUT2D eigenvalue weighted by Crippen LogP contribution is 2.28. The van der Waals surface area contributed by atoms with Gasteiger partial charge in [-0.05, 0) is 24.3 Å². The van der Waals surface area contributed by atoms with Crippen molar-refractivity contribution < 1.29 is 19.1 Å². The van der Waals surface area contributed by atoms with E-state index >= 15 is 0 Å². The van der Waals surface area contributed by atoms with Gasteiger partial charge in [0.25, 0.3) is 0 Å². The highest BCUT2D eigenvalue weighted by atomic mass is 32.2. The van der Waals surface area contributed by atoms with Gasteiger partial charge < -0.3 is 20.1 Å². The average molecular weight is 397 g/mol. The number of hydrogen-bond donors (Lipinski definition) is 3. The van der Waals surface area contributed by atoms with Crippen LogP contribution in [0.2, 0.25) is 0 Å². The lowest BCUT2D eigenvalue weighted by Gasteiger charge is -2.05. The molecule has 0 aliphatic heterocycles. The Morgan fingerprint density at radius 2 is 1.96 bits per heavy atom. The van der Waals surface area contributed by atoms with Gasteiger partial charge in [0.2, 0.25) is 11.0 Å². The maximum absolute atomic E-state index is 11.7. The van der Waals surface area contributed by atoms with E-state index in [1.165, 1.54) is 30.2 Å². The van der Waals surface area contributed by atoms with Gasteiger partial charge in [-0.2, -0.15) is 0 Å². The molecule has 0 aliphatic carbocycles. The SMILES string of the molecule is COCCNC(=O)NC(=O)CSc1nnc(Nc2ccc(OC)cc2)s1. The van der Waals surface area contributed by atoms with E-state index in [9.17, 15) is 9.59 Å². The lowest BCUT2D eigenvalue weighted by molar-refractivity contribution is -0.117. The van der Waals surface area contributed by atoms with Gasteiger partial charge in [0.15, 0.2) is 4.34 Å². The van der Waals surface area contributed by atoms with Crippen molar-refractivity contribution in [2.45, 2.75) is 4.34 Å². The molecule has 0 saturated heterocycles. The van der Waals surface area contributed by atoms with E-state index in [-0.39, 0.29) is 5.75 Å². The molecule has 2 rings (SSSR count). The minimum absolute atomic E-state index is 0.0644. The first kappa shape index (κ1) is 19.9. The van der Waals surface area contributed by atoms with Gasteiger partial charge in [-0.15, -0.1) is 10.2 Å². The molecule has 0 atom stereocenters. The fourth-order valence-corrected chi connectivity index (χ4v) is 3.29. The minimum Gasteiger partial charge on any atom is -0.497 e. The van der Waals surface area contributed by atoms with Crippen LogP contribution in [0.5, 0.6) is 5.75 Å². The molecule has 0 radical (unpaired) electrons. The van der Waals surface area contributed by atoms with E-state index in [1.807, 2.05) is 24.3 Å². The molecule has 0 fully saturated rings. The molecule has 2 aromatic rings. The second-order valence-corrected chi connectivity index (χ2v) is 7.01. The van der Waals surface area contributed by atoms with Crippen LogP contribution in [0.25, 0.3) is 0 Å². The van der Waals surface area contributed by atoms with Crippen molar-refractivity contribution in [1.29, 1.82) is 0 Å². The Bertz CT molecular complexity index is 723. The summed E-state index contributed by atoms with van der Waals surface area (Å²) in [6.45, 7) is 0.713. The van der Waals surface area contributed by atoms with Gasteiger partial charge in [-0.1, -0.05) is 23.1 Å². The third-order valence-corrected chi connectivity index (χ3v) is 4.89. The van der Waals surface area contributed by atoms with Crippen LogP contribution in [0.3, 0.4) is 0 Å². The number of imide groups is 1. The van der Waals surface area contributed by atoms with Crippen molar-refractivity contribution in [2.75, 3.05) is 38.4 Å². The molecule has 0 aliphatic rings. The van der Waals surface area contributed by atoms with Crippen molar-refractivity contribution in [3.63, 3.8) is 0 Å². The van der Waals surface area contributed by atoms with Crippen molar-refractivity contribution in [1.82, 2.24) is 20.8 Å². The Morgan fingerprint density at radius 3 is 2.65 bits per heavy atom. The molecule has 0 saturated carbocycles. The topological polar surface area (TPSA) is 114 Å². The average Bonchev–Trinajstić information content (AvgIpc) is 3.08. The van der Waals surface area contributed by atoms with Crippen LogP contribution in [-0.2, 0) is 9.53 Å². The first-order valence-electron chi connectivity index (χ1n) is 7.54. The van der Waals surface area contributed by atoms with E-state index in [2.05, 4.69) is 26.1 Å². The van der Waals surface area contributed by atoms with E-state index in [4.69, 9.17) is 9.47 Å². The number of hydrogen-bond acceptors (Lipinski definition) is 9. The monoisotopic (exact) mass is 397 g/mol. The lowest BCUT2D eigenvalue weighted by Crippen LogP contribution is -2.41. The van der Waals surface area contributed by atoms with Crippen molar-refractivity contribution in [3.05, 3.63) is 24.3 Å². The number of aromatic nitrogens is 2. The van der Waals surface area contributed by atoms with Gasteiger partial charge in [0, 0.05) is 19.3 Å². The van der Waals surface area contributed by atoms with Gasteiger partial charge >= 0.3 is 6.03 Å². The molecule has 0 spiro atoms. The third-order valence-electron chi connectivity index (χ3n) is 2.92. The zero-order valence-electron chi connectivity index (χ0n) is 14.3. The Balaban J connectivity index is 1.75. The molecule has 11 heteroatoms. The molecule has 26 heavy (non-hydrogen) atoms. The van der Waals surface area contributed by atoms with E-state index in [0.717, 1.165) is 11.4 Å². The van der Waals surface area contributed by atoms with E-state index in [0.29, 0.717) is 22.6 Å². The molecule has 0 bridgehead atoms. The van der Waals surface area contributed by atoms with Crippen molar-refractivity contribution >= 4 is 45.9 Å². The molecular weight excluding hydrogens is 378 g/mol. The predicted octanol–water partition coefficient (Wildman–Crippen LogP) is 1.85. The highest BCUT2D eigenvalue weighted by molar-refractivity contribution is 8.01. The summed E-state index contributed by atoms with van der Waals surface area (Å²) in [6.07, 6.45) is 0. The molecule has 3 N–H and O–H groups in total. The molecule has 3 amide bonds. The van der Waals surface area contributed by atoms with Crippen LogP contribution in [0, 0.1) is 0 Å². The summed E-state index contributed by atoms with van der Waals surface area (Å²) in [5.74, 6) is 0.417. The Hall–Kier alpha value is -2.37. The maximum atomic E-state index is 11.7. The smallest absolute Gasteiger partial charge is 0.321 e. The number of amides is 3. The Labute approximate surface area is 158 Å². The summed E-state index contributed by atoms with van der Waals surface area (Å²) in [7, 11) is 3.14. The van der Waals surface area contributed by atoms with Crippen LogP contribution < -0.4 is 20.7 Å². The molecule has 1 aromatic heterocycles. The summed E-state index contributed by atoms with van der Waals surface area (Å²) in [5.41, 5.74) is 0.851. The molecule has 0 unspecified atom stereocenters. The van der Waals surface area contributed by atoms with Gasteiger partial charge in [-0.3, -0.25) is 10.1 Å². The van der Waals surface area contributed by atoms with Gasteiger partial charge in [0.05, 0.1) is 19.5 Å². The zero-order chi connectivity index (χ0) is 18.8. The minimum atomic E-state index is -0.549. The summed E-state index contributed by atoms with van der Waals surface area (Å²) < 4.78 is 10.5. The number of methoxy groups -OCH3 is 2. The molecule has 1 heterocycles. The number of thioether (sulfide) groups is 1. The van der Waals surface area contributed by atoms with Crippen LogP contribution in [0.1, 0.15) is 0 Å². The number of ether oxygens (including phenoxy) is 2. The fourth-order valence-electron chi connectivity index (χ4n) is 1.72. The molecule has 9 nitrogen and oxygen atoms in total. The van der Waals surface area contributed by atoms with E-state index in [1.54, 1.807) is 7.11 Å². The largest absolute Gasteiger partial charge is 0.497 e. The van der Waals surface area contributed by atoms with Crippen molar-refractivity contribution in [3.8, 4) is 5.75 Å². The predicted molar refractivity (Wildman–Crippen MR) is 100 cm³/mol. The third kappa shape index (κ3) is 6.86. The number of carbonyl (C=O) groups excluding carboxylic acids is 2. The first-order valence-corrected chi connectivity index (χ1v) is 9.35. The summed E-state index contributed by atoms with van der Waals surface area (Å²) in [4.78, 5) is 23.2. The number of carbonyl (C=O) groups is 2. The van der Waals surface area contributed by atoms with E-state index < -0.39 is 11.9 Å². The van der Waals surface area contributed by atoms with Crippen LogP contribution in [-0.4, -0.2) is 55.3 Å². The normalized spacial score (nSPS) is 10.2. The number of anilines is 2. The maximum Gasteiger partial charge on any atom is 0.321 e. The number of rotatable bonds is 9. The first-order chi connectivity index (χ1) is 12.6. The molecule has 1 aromatic carbocycles. The number of nitrogens with one attached hydrogen (secondary N) is 3. The lowest BCUT2D eigenvalue weighted by atomic mass is 10.3. The highest BCUT2D eigenvalue weighted by Gasteiger charge is 2.11. The van der Waals surface area contributed by atoms with Crippen molar-refractivity contribution in [2.24, 2.45) is 0 Å². The molecular formula is C15H19N5O4S2. The number of benzene rings is 1. The summed E-state index contributed by atoms with van der Waals surface area (Å²) in [6, 6.07) is 6.85.